The number of likely N-dealkylation sites (tertiary alicyclic amines) is 1. The van der Waals surface area contributed by atoms with Crippen molar-refractivity contribution in [3.8, 4) is 5.75 Å². The van der Waals surface area contributed by atoms with Gasteiger partial charge in [0, 0.05) is 44.7 Å². The smallest absolute Gasteiger partial charge is 0.258 e. The highest BCUT2D eigenvalue weighted by Gasteiger charge is 2.34. The number of carbonyl (C=O) groups excluding carboxylic acids is 2. The lowest BCUT2D eigenvalue weighted by molar-refractivity contribution is -0.129. The highest BCUT2D eigenvalue weighted by molar-refractivity contribution is 5.97. The fourth-order valence-corrected chi connectivity index (χ4v) is 4.12. The molecule has 7 heteroatoms. The van der Waals surface area contributed by atoms with Crippen LogP contribution in [0.2, 0.25) is 0 Å². The van der Waals surface area contributed by atoms with Crippen LogP contribution in [-0.4, -0.2) is 51.3 Å². The fourth-order valence-electron chi connectivity index (χ4n) is 4.12. The van der Waals surface area contributed by atoms with Gasteiger partial charge in [0.25, 0.3) is 5.91 Å². The molecule has 2 aliphatic rings. The maximum absolute atomic E-state index is 13.3. The number of hydrogen-bond donors (Lipinski definition) is 0. The summed E-state index contributed by atoms with van der Waals surface area (Å²) in [5.41, 5.74) is 2.56. The van der Waals surface area contributed by atoms with Crippen LogP contribution in [0.3, 0.4) is 0 Å². The van der Waals surface area contributed by atoms with Crippen LogP contribution < -0.4 is 4.74 Å². The molecule has 152 valence electrons. The number of ether oxygens (including phenoxy) is 1. The Kier molecular flexibility index (Phi) is 5.47. The number of carbonyl (C=O) groups is 2. The monoisotopic (exact) mass is 394 g/mol. The van der Waals surface area contributed by atoms with Crippen molar-refractivity contribution < 1.29 is 14.3 Å². The number of nitrogens with zero attached hydrogens (tertiary/aromatic N) is 4. The van der Waals surface area contributed by atoms with Crippen LogP contribution in [0.5, 0.6) is 5.75 Å². The molecule has 0 spiro atoms. The normalized spacial score (nSPS) is 18.5. The first kappa shape index (κ1) is 19.4. The highest BCUT2D eigenvalue weighted by Crippen LogP contribution is 2.33. The lowest BCUT2D eigenvalue weighted by Crippen LogP contribution is -2.36. The number of fused-ring (bicyclic) bond motifs is 1. The second kappa shape index (κ2) is 8.19. The van der Waals surface area contributed by atoms with Gasteiger partial charge in [0.15, 0.2) is 5.82 Å². The van der Waals surface area contributed by atoms with E-state index in [1.54, 1.807) is 11.8 Å². The van der Waals surface area contributed by atoms with Crippen molar-refractivity contribution in [3.05, 3.63) is 53.1 Å². The lowest BCUT2D eigenvalue weighted by Gasteiger charge is -2.29. The summed E-state index contributed by atoms with van der Waals surface area (Å²) in [6, 6.07) is 7.25. The Labute approximate surface area is 170 Å². The fraction of sp³-hybridized carbons (Fsp3) is 0.455. The van der Waals surface area contributed by atoms with Gasteiger partial charge in [-0.1, -0.05) is 12.1 Å². The Morgan fingerprint density at radius 2 is 2.07 bits per heavy atom. The first-order chi connectivity index (χ1) is 14.1. The molecular formula is C22H26N4O3. The average molecular weight is 394 g/mol. The number of para-hydroxylation sites is 1. The van der Waals surface area contributed by atoms with E-state index in [1.165, 1.54) is 0 Å². The molecule has 0 bridgehead atoms. The molecule has 2 aliphatic heterocycles. The quantitative estimate of drug-likeness (QED) is 0.797. The van der Waals surface area contributed by atoms with Crippen molar-refractivity contribution in [1.29, 1.82) is 0 Å². The van der Waals surface area contributed by atoms with E-state index < -0.39 is 0 Å². The van der Waals surface area contributed by atoms with Gasteiger partial charge in [0.2, 0.25) is 5.91 Å². The largest absolute Gasteiger partial charge is 0.493 e. The van der Waals surface area contributed by atoms with Crippen molar-refractivity contribution in [2.75, 3.05) is 19.7 Å². The highest BCUT2D eigenvalue weighted by atomic mass is 16.5. The Morgan fingerprint density at radius 1 is 1.24 bits per heavy atom. The Bertz CT molecular complexity index is 930. The van der Waals surface area contributed by atoms with Crippen molar-refractivity contribution in [2.45, 2.75) is 45.7 Å². The van der Waals surface area contributed by atoms with Crippen LogP contribution in [0.4, 0.5) is 0 Å². The minimum atomic E-state index is -0.131. The molecule has 3 heterocycles. The zero-order valence-corrected chi connectivity index (χ0v) is 16.9. The van der Waals surface area contributed by atoms with E-state index in [-0.39, 0.29) is 17.9 Å². The van der Waals surface area contributed by atoms with Crippen molar-refractivity contribution in [2.24, 2.45) is 0 Å². The molecule has 4 rings (SSSR count). The minimum Gasteiger partial charge on any atom is -0.493 e. The summed E-state index contributed by atoms with van der Waals surface area (Å²) < 4.78 is 5.65. The molecule has 0 aliphatic carbocycles. The maximum Gasteiger partial charge on any atom is 0.258 e. The first-order valence-corrected chi connectivity index (χ1v) is 10.2. The van der Waals surface area contributed by atoms with Crippen molar-refractivity contribution in [1.82, 2.24) is 19.8 Å². The average Bonchev–Trinajstić information content (AvgIpc) is 3.23. The van der Waals surface area contributed by atoms with Gasteiger partial charge in [-0.2, -0.15) is 0 Å². The molecule has 0 radical (unpaired) electrons. The molecule has 1 saturated heterocycles. The summed E-state index contributed by atoms with van der Waals surface area (Å²) >= 11 is 0. The lowest BCUT2D eigenvalue weighted by atomic mass is 10.1. The third-order valence-electron chi connectivity index (χ3n) is 5.63. The van der Waals surface area contributed by atoms with Gasteiger partial charge < -0.3 is 14.5 Å². The van der Waals surface area contributed by atoms with Crippen LogP contribution in [0.15, 0.2) is 30.5 Å². The van der Waals surface area contributed by atoms with E-state index in [0.29, 0.717) is 43.4 Å². The summed E-state index contributed by atoms with van der Waals surface area (Å²) in [4.78, 5) is 38.0. The predicted molar refractivity (Wildman–Crippen MR) is 107 cm³/mol. The zero-order chi connectivity index (χ0) is 20.4. The van der Waals surface area contributed by atoms with Gasteiger partial charge >= 0.3 is 0 Å². The van der Waals surface area contributed by atoms with Gasteiger partial charge in [0.1, 0.15) is 5.75 Å². The van der Waals surface area contributed by atoms with E-state index >= 15 is 0 Å². The number of aromatic nitrogens is 2. The molecule has 29 heavy (non-hydrogen) atoms. The van der Waals surface area contributed by atoms with Crippen LogP contribution in [0, 0.1) is 0 Å². The van der Waals surface area contributed by atoms with Crippen LogP contribution in [-0.2, 0) is 17.8 Å². The molecule has 1 atom stereocenters. The van der Waals surface area contributed by atoms with E-state index in [4.69, 9.17) is 9.72 Å². The van der Waals surface area contributed by atoms with Gasteiger partial charge in [-0.05, 0) is 31.9 Å². The molecule has 1 fully saturated rings. The molecule has 7 nitrogen and oxygen atoms in total. The Hall–Kier alpha value is -2.96. The topological polar surface area (TPSA) is 75.6 Å². The molecular weight excluding hydrogens is 368 g/mol. The summed E-state index contributed by atoms with van der Waals surface area (Å²) in [5, 5.41) is 0. The summed E-state index contributed by atoms with van der Waals surface area (Å²) in [5.74, 6) is 1.34. The van der Waals surface area contributed by atoms with Crippen LogP contribution >= 0.6 is 0 Å². The number of amides is 2. The van der Waals surface area contributed by atoms with E-state index in [0.717, 1.165) is 30.5 Å². The number of benzene rings is 1. The standard InChI is InChI=1S/C22H26N4O3/c1-3-29-20-9-5-4-7-17(20)22(28)26-11-6-8-19(26)21-23-13-16-14-25(15(2)27)12-10-18(16)24-21/h4-5,7,9,13,19H,3,6,8,10-12,14H2,1-2H3/t19-/m0/s1. The maximum atomic E-state index is 13.3. The Morgan fingerprint density at radius 3 is 2.86 bits per heavy atom. The third kappa shape index (κ3) is 3.81. The number of rotatable bonds is 4. The molecule has 0 saturated carbocycles. The molecule has 0 unspecified atom stereocenters. The minimum absolute atomic E-state index is 0.0411. The predicted octanol–water partition coefficient (Wildman–Crippen LogP) is 2.76. The molecule has 2 amide bonds. The van der Waals surface area contributed by atoms with E-state index in [1.807, 2.05) is 42.3 Å². The summed E-state index contributed by atoms with van der Waals surface area (Å²) in [6.07, 6.45) is 4.31. The van der Waals surface area contributed by atoms with E-state index in [9.17, 15) is 9.59 Å². The van der Waals surface area contributed by atoms with Crippen LogP contribution in [0.1, 0.15) is 60.2 Å². The third-order valence-corrected chi connectivity index (χ3v) is 5.63. The van der Waals surface area contributed by atoms with Gasteiger partial charge in [-0.15, -0.1) is 0 Å². The molecule has 2 aromatic rings. The second-order valence-corrected chi connectivity index (χ2v) is 7.48. The summed E-state index contributed by atoms with van der Waals surface area (Å²) in [7, 11) is 0. The Balaban J connectivity index is 1.58. The molecule has 0 N–H and O–H groups in total. The van der Waals surface area contributed by atoms with Gasteiger partial charge in [-0.25, -0.2) is 9.97 Å². The second-order valence-electron chi connectivity index (χ2n) is 7.48. The SMILES string of the molecule is CCOc1ccccc1C(=O)N1CCC[C@H]1c1ncc2c(n1)CCN(C(C)=O)C2. The van der Waals surface area contributed by atoms with E-state index in [2.05, 4.69) is 4.98 Å². The van der Waals surface area contributed by atoms with Gasteiger partial charge in [-0.3, -0.25) is 9.59 Å². The van der Waals surface area contributed by atoms with Gasteiger partial charge in [0.05, 0.1) is 23.9 Å². The summed E-state index contributed by atoms with van der Waals surface area (Å²) in [6.45, 7) is 5.92. The van der Waals surface area contributed by atoms with Crippen molar-refractivity contribution in [3.63, 3.8) is 0 Å². The number of hydrogen-bond acceptors (Lipinski definition) is 5. The zero-order valence-electron chi connectivity index (χ0n) is 16.9. The van der Waals surface area contributed by atoms with Crippen molar-refractivity contribution >= 4 is 11.8 Å². The first-order valence-electron chi connectivity index (χ1n) is 10.2. The molecule has 1 aromatic heterocycles. The van der Waals surface area contributed by atoms with Crippen LogP contribution in [0.25, 0.3) is 0 Å². The molecule has 1 aromatic carbocycles.